The van der Waals surface area contributed by atoms with Crippen LogP contribution in [0.4, 0.5) is 0 Å². The molecule has 0 bridgehead atoms. The van der Waals surface area contributed by atoms with Gasteiger partial charge in [0, 0.05) is 0 Å². The number of nitrogens with zero attached hydrogens (tertiary/aromatic N) is 1. The molecule has 0 atom stereocenters. The SMILES string of the molecule is CCc1nc(C)c(-c2ccccc2C(C)(C)C)s1. The highest BCUT2D eigenvalue weighted by Crippen LogP contribution is 2.37. The molecule has 0 aliphatic rings. The van der Waals surface area contributed by atoms with Crippen molar-refractivity contribution in [3.8, 4) is 10.4 Å². The van der Waals surface area contributed by atoms with Gasteiger partial charge in [0.25, 0.3) is 0 Å². The summed E-state index contributed by atoms with van der Waals surface area (Å²) in [5.41, 5.74) is 4.08. The molecule has 0 saturated heterocycles. The first kappa shape index (κ1) is 13.3. The van der Waals surface area contributed by atoms with Gasteiger partial charge >= 0.3 is 0 Å². The first-order valence-corrected chi connectivity index (χ1v) is 7.31. The summed E-state index contributed by atoms with van der Waals surface area (Å²) in [5.74, 6) is 0. The molecule has 0 saturated carbocycles. The molecule has 0 aliphatic heterocycles. The topological polar surface area (TPSA) is 12.9 Å². The maximum Gasteiger partial charge on any atom is 0.0931 e. The van der Waals surface area contributed by atoms with Crippen molar-refractivity contribution >= 4 is 11.3 Å². The molecule has 1 aromatic carbocycles. The molecule has 2 rings (SSSR count). The molecule has 0 unspecified atom stereocenters. The van der Waals surface area contributed by atoms with Gasteiger partial charge in [-0.1, -0.05) is 52.0 Å². The Morgan fingerprint density at radius 3 is 2.39 bits per heavy atom. The number of benzene rings is 1. The molecule has 2 aromatic rings. The minimum Gasteiger partial charge on any atom is -0.246 e. The van der Waals surface area contributed by atoms with Crippen molar-refractivity contribution in [3.05, 3.63) is 40.5 Å². The second kappa shape index (κ2) is 4.85. The van der Waals surface area contributed by atoms with Crippen LogP contribution in [0.15, 0.2) is 24.3 Å². The van der Waals surface area contributed by atoms with Crippen molar-refractivity contribution in [1.29, 1.82) is 0 Å². The Hall–Kier alpha value is -1.15. The summed E-state index contributed by atoms with van der Waals surface area (Å²) in [6, 6.07) is 8.71. The average molecular weight is 259 g/mol. The van der Waals surface area contributed by atoms with Gasteiger partial charge in [0.2, 0.25) is 0 Å². The summed E-state index contributed by atoms with van der Waals surface area (Å²) >= 11 is 1.83. The predicted octanol–water partition coefficient (Wildman–Crippen LogP) is 4.98. The van der Waals surface area contributed by atoms with E-state index in [1.54, 1.807) is 0 Å². The second-order valence-electron chi connectivity index (χ2n) is 5.67. The highest BCUT2D eigenvalue weighted by Gasteiger charge is 2.20. The number of thiazole rings is 1. The van der Waals surface area contributed by atoms with Crippen LogP contribution in [-0.2, 0) is 11.8 Å². The van der Waals surface area contributed by atoms with Crippen molar-refractivity contribution in [2.45, 2.75) is 46.5 Å². The molecule has 1 nitrogen and oxygen atoms in total. The van der Waals surface area contributed by atoms with Crippen molar-refractivity contribution in [2.75, 3.05) is 0 Å². The van der Waals surface area contributed by atoms with E-state index < -0.39 is 0 Å². The lowest BCUT2D eigenvalue weighted by atomic mass is 9.83. The van der Waals surface area contributed by atoms with Crippen molar-refractivity contribution in [1.82, 2.24) is 4.98 Å². The first-order valence-electron chi connectivity index (χ1n) is 6.49. The summed E-state index contributed by atoms with van der Waals surface area (Å²) < 4.78 is 0. The Kier molecular flexibility index (Phi) is 3.58. The van der Waals surface area contributed by atoms with E-state index in [4.69, 9.17) is 0 Å². The highest BCUT2D eigenvalue weighted by molar-refractivity contribution is 7.15. The molecule has 1 aromatic heterocycles. The lowest BCUT2D eigenvalue weighted by Crippen LogP contribution is -2.12. The summed E-state index contributed by atoms with van der Waals surface area (Å²) in [7, 11) is 0. The standard InChI is InChI=1S/C16H21NS/c1-6-14-17-11(2)15(18-14)12-9-7-8-10-13(12)16(3,4)5/h7-10H,6H2,1-5H3. The zero-order valence-electron chi connectivity index (χ0n) is 11.9. The van der Waals surface area contributed by atoms with Gasteiger partial charge < -0.3 is 0 Å². The fourth-order valence-electron chi connectivity index (χ4n) is 2.19. The van der Waals surface area contributed by atoms with Crippen LogP contribution in [0.2, 0.25) is 0 Å². The molecule has 1 heterocycles. The van der Waals surface area contributed by atoms with E-state index in [0.717, 1.165) is 12.1 Å². The van der Waals surface area contributed by atoms with E-state index >= 15 is 0 Å². The van der Waals surface area contributed by atoms with Gasteiger partial charge in [-0.2, -0.15) is 0 Å². The monoisotopic (exact) mass is 259 g/mol. The molecule has 0 amide bonds. The Labute approximate surface area is 114 Å². The molecule has 0 spiro atoms. The summed E-state index contributed by atoms with van der Waals surface area (Å²) in [5, 5.41) is 1.23. The normalized spacial score (nSPS) is 11.8. The first-order chi connectivity index (χ1) is 8.43. The highest BCUT2D eigenvalue weighted by atomic mass is 32.1. The number of aromatic nitrogens is 1. The largest absolute Gasteiger partial charge is 0.246 e. The minimum absolute atomic E-state index is 0.166. The van der Waals surface area contributed by atoms with Gasteiger partial charge in [0.15, 0.2) is 0 Å². The van der Waals surface area contributed by atoms with Crippen LogP contribution in [0, 0.1) is 6.92 Å². The Balaban J connectivity index is 2.60. The molecular formula is C16H21NS. The van der Waals surface area contributed by atoms with E-state index in [0.29, 0.717) is 0 Å². The molecule has 0 N–H and O–H groups in total. The Morgan fingerprint density at radius 2 is 1.83 bits per heavy atom. The average Bonchev–Trinajstić information content (AvgIpc) is 2.69. The van der Waals surface area contributed by atoms with E-state index in [9.17, 15) is 0 Å². The fourth-order valence-corrected chi connectivity index (χ4v) is 3.23. The van der Waals surface area contributed by atoms with E-state index in [1.165, 1.54) is 21.0 Å². The maximum atomic E-state index is 4.65. The summed E-state index contributed by atoms with van der Waals surface area (Å²) in [6.07, 6.45) is 1.02. The van der Waals surface area contributed by atoms with Gasteiger partial charge in [0.1, 0.15) is 0 Å². The lowest BCUT2D eigenvalue weighted by Gasteiger charge is -2.22. The van der Waals surface area contributed by atoms with Crippen LogP contribution >= 0.6 is 11.3 Å². The smallest absolute Gasteiger partial charge is 0.0931 e. The van der Waals surface area contributed by atoms with Gasteiger partial charge in [0.05, 0.1) is 15.6 Å². The van der Waals surface area contributed by atoms with Crippen LogP contribution in [0.3, 0.4) is 0 Å². The van der Waals surface area contributed by atoms with Crippen LogP contribution < -0.4 is 0 Å². The second-order valence-corrected chi connectivity index (χ2v) is 6.75. The van der Waals surface area contributed by atoms with Crippen LogP contribution in [0.25, 0.3) is 10.4 Å². The summed E-state index contributed by atoms with van der Waals surface area (Å²) in [4.78, 5) is 5.98. The number of hydrogen-bond acceptors (Lipinski definition) is 2. The third-order valence-electron chi connectivity index (χ3n) is 3.12. The zero-order valence-corrected chi connectivity index (χ0v) is 12.7. The van der Waals surface area contributed by atoms with Crippen LogP contribution in [0.1, 0.15) is 44.0 Å². The molecule has 0 fully saturated rings. The zero-order chi connectivity index (χ0) is 13.3. The molecule has 18 heavy (non-hydrogen) atoms. The van der Waals surface area contributed by atoms with Crippen LogP contribution in [-0.4, -0.2) is 4.98 Å². The number of rotatable bonds is 2. The molecule has 2 heteroatoms. The van der Waals surface area contributed by atoms with E-state index in [1.807, 2.05) is 11.3 Å². The van der Waals surface area contributed by atoms with Gasteiger partial charge in [-0.05, 0) is 29.9 Å². The molecule has 0 radical (unpaired) electrons. The van der Waals surface area contributed by atoms with Crippen LogP contribution in [0.5, 0.6) is 0 Å². The molecular weight excluding hydrogens is 238 g/mol. The van der Waals surface area contributed by atoms with Crippen molar-refractivity contribution < 1.29 is 0 Å². The molecule has 96 valence electrons. The summed E-state index contributed by atoms with van der Waals surface area (Å²) in [6.45, 7) is 11.1. The van der Waals surface area contributed by atoms with Gasteiger partial charge in [-0.15, -0.1) is 11.3 Å². The molecule has 0 aliphatic carbocycles. The van der Waals surface area contributed by atoms with Crippen molar-refractivity contribution in [3.63, 3.8) is 0 Å². The number of aryl methyl sites for hydroxylation is 2. The maximum absolute atomic E-state index is 4.65. The quantitative estimate of drug-likeness (QED) is 0.741. The van der Waals surface area contributed by atoms with E-state index in [2.05, 4.69) is 63.9 Å². The van der Waals surface area contributed by atoms with Gasteiger partial charge in [-0.25, -0.2) is 4.98 Å². The fraction of sp³-hybridized carbons (Fsp3) is 0.438. The Bertz CT molecular complexity index is 546. The number of hydrogen-bond donors (Lipinski definition) is 0. The predicted molar refractivity (Wildman–Crippen MR) is 80.4 cm³/mol. The minimum atomic E-state index is 0.166. The van der Waals surface area contributed by atoms with Gasteiger partial charge in [-0.3, -0.25) is 0 Å². The Morgan fingerprint density at radius 1 is 1.17 bits per heavy atom. The lowest BCUT2D eigenvalue weighted by molar-refractivity contribution is 0.592. The van der Waals surface area contributed by atoms with Crippen molar-refractivity contribution in [2.24, 2.45) is 0 Å². The third-order valence-corrected chi connectivity index (χ3v) is 4.46. The third kappa shape index (κ3) is 2.49. The van der Waals surface area contributed by atoms with E-state index in [-0.39, 0.29) is 5.41 Å².